The van der Waals surface area contributed by atoms with Crippen LogP contribution in [0.25, 0.3) is 10.9 Å². The highest BCUT2D eigenvalue weighted by Crippen LogP contribution is 2.15. The maximum Gasteiger partial charge on any atom is 0.316 e. The lowest BCUT2D eigenvalue weighted by molar-refractivity contribution is 0.125. The zero-order chi connectivity index (χ0) is 15.4. The van der Waals surface area contributed by atoms with Crippen molar-refractivity contribution in [3.05, 3.63) is 30.5 Å². The lowest BCUT2D eigenvalue weighted by Crippen LogP contribution is -2.43. The van der Waals surface area contributed by atoms with Gasteiger partial charge in [0.25, 0.3) is 0 Å². The molecule has 1 aliphatic rings. The van der Waals surface area contributed by atoms with Crippen LogP contribution in [0.15, 0.2) is 30.5 Å². The predicted octanol–water partition coefficient (Wildman–Crippen LogP) is 2.03. The van der Waals surface area contributed by atoms with Gasteiger partial charge < -0.3 is 9.64 Å². The molecule has 1 fully saturated rings. The van der Waals surface area contributed by atoms with Crippen molar-refractivity contribution < 1.29 is 4.74 Å². The van der Waals surface area contributed by atoms with Gasteiger partial charge in [-0.05, 0) is 46.1 Å². The van der Waals surface area contributed by atoms with Gasteiger partial charge in [0.15, 0.2) is 0 Å². The molecule has 5 heteroatoms. The molecule has 1 saturated heterocycles. The van der Waals surface area contributed by atoms with Crippen LogP contribution in [-0.2, 0) is 0 Å². The van der Waals surface area contributed by atoms with Crippen molar-refractivity contribution >= 4 is 10.9 Å². The topological polar surface area (TPSA) is 41.5 Å². The normalized spacial score (nSPS) is 17.2. The Hall–Kier alpha value is -1.72. The fraction of sp³-hybridized carbons (Fsp3) is 0.529. The minimum absolute atomic E-state index is 0.468. The summed E-state index contributed by atoms with van der Waals surface area (Å²) in [5, 5.41) is 1.04. The summed E-state index contributed by atoms with van der Waals surface area (Å²) in [6.07, 6.45) is 4.29. The van der Waals surface area contributed by atoms with Crippen LogP contribution in [0.4, 0.5) is 0 Å². The van der Waals surface area contributed by atoms with Crippen molar-refractivity contribution in [2.75, 3.05) is 40.3 Å². The Kier molecular flexibility index (Phi) is 4.85. The summed E-state index contributed by atoms with van der Waals surface area (Å²) in [4.78, 5) is 13.5. The van der Waals surface area contributed by atoms with Crippen molar-refractivity contribution in [2.45, 2.75) is 18.9 Å². The maximum absolute atomic E-state index is 5.72. The highest BCUT2D eigenvalue weighted by atomic mass is 16.5. The molecule has 0 saturated carbocycles. The monoisotopic (exact) mass is 300 g/mol. The number of likely N-dealkylation sites (N-methyl/N-ethyl adjacent to an activating group) is 1. The third kappa shape index (κ3) is 3.72. The number of ether oxygens (including phenoxy) is 1. The summed E-state index contributed by atoms with van der Waals surface area (Å²) >= 11 is 0. The number of piperidine rings is 1. The molecule has 0 N–H and O–H groups in total. The molecule has 0 radical (unpaired) electrons. The van der Waals surface area contributed by atoms with Crippen LogP contribution in [0, 0.1) is 0 Å². The highest BCUT2D eigenvalue weighted by Gasteiger charge is 2.20. The SMILES string of the molecule is CN1CCC(N(C)CCOc2ncc3ccccc3n2)CC1. The Labute approximate surface area is 131 Å². The smallest absolute Gasteiger partial charge is 0.316 e. The minimum Gasteiger partial charge on any atom is -0.462 e. The number of hydrogen-bond donors (Lipinski definition) is 0. The second kappa shape index (κ2) is 7.03. The van der Waals surface area contributed by atoms with E-state index in [2.05, 4.69) is 33.9 Å². The van der Waals surface area contributed by atoms with E-state index in [9.17, 15) is 0 Å². The van der Waals surface area contributed by atoms with E-state index in [0.717, 1.165) is 17.4 Å². The molecule has 22 heavy (non-hydrogen) atoms. The van der Waals surface area contributed by atoms with E-state index in [4.69, 9.17) is 4.74 Å². The summed E-state index contributed by atoms with van der Waals surface area (Å²) in [7, 11) is 4.37. The molecule has 2 aromatic rings. The molecule has 0 aliphatic carbocycles. The number of likely N-dealkylation sites (tertiary alicyclic amines) is 1. The predicted molar refractivity (Wildman–Crippen MR) is 88.2 cm³/mol. The average molecular weight is 300 g/mol. The van der Waals surface area contributed by atoms with Gasteiger partial charge in [-0.1, -0.05) is 18.2 Å². The van der Waals surface area contributed by atoms with Gasteiger partial charge in [-0.15, -0.1) is 0 Å². The summed E-state index contributed by atoms with van der Waals surface area (Å²) in [5.41, 5.74) is 0.927. The molecule has 1 aliphatic heterocycles. The van der Waals surface area contributed by atoms with Gasteiger partial charge in [0.2, 0.25) is 0 Å². The van der Waals surface area contributed by atoms with Gasteiger partial charge >= 0.3 is 6.01 Å². The highest BCUT2D eigenvalue weighted by molar-refractivity contribution is 5.77. The summed E-state index contributed by atoms with van der Waals surface area (Å²) in [5.74, 6) is 0. The number of nitrogens with zero attached hydrogens (tertiary/aromatic N) is 4. The number of rotatable bonds is 5. The van der Waals surface area contributed by atoms with Gasteiger partial charge in [0, 0.05) is 24.2 Å². The number of hydrogen-bond acceptors (Lipinski definition) is 5. The molecule has 3 rings (SSSR count). The quantitative estimate of drug-likeness (QED) is 0.845. The fourth-order valence-electron chi connectivity index (χ4n) is 2.92. The zero-order valence-electron chi connectivity index (χ0n) is 13.4. The Morgan fingerprint density at radius 1 is 1.27 bits per heavy atom. The third-order valence-electron chi connectivity index (χ3n) is 4.45. The second-order valence-electron chi connectivity index (χ2n) is 6.07. The van der Waals surface area contributed by atoms with E-state index < -0.39 is 0 Å². The number of para-hydroxylation sites is 1. The first kappa shape index (κ1) is 15.2. The Balaban J connectivity index is 1.49. The Bertz CT molecular complexity index is 610. The van der Waals surface area contributed by atoms with Gasteiger partial charge in [-0.2, -0.15) is 4.98 Å². The van der Waals surface area contributed by atoms with Crippen LogP contribution in [-0.4, -0.2) is 66.1 Å². The Morgan fingerprint density at radius 3 is 2.86 bits per heavy atom. The van der Waals surface area contributed by atoms with Gasteiger partial charge in [-0.25, -0.2) is 4.98 Å². The van der Waals surface area contributed by atoms with E-state index in [1.807, 2.05) is 30.5 Å². The molecule has 1 aromatic carbocycles. The van der Waals surface area contributed by atoms with Crippen LogP contribution in [0.2, 0.25) is 0 Å². The van der Waals surface area contributed by atoms with Gasteiger partial charge in [-0.3, -0.25) is 4.90 Å². The van der Waals surface area contributed by atoms with Crippen LogP contribution in [0.1, 0.15) is 12.8 Å². The molecule has 0 amide bonds. The van der Waals surface area contributed by atoms with Crippen molar-refractivity contribution in [1.29, 1.82) is 0 Å². The zero-order valence-corrected chi connectivity index (χ0v) is 13.4. The van der Waals surface area contributed by atoms with Crippen LogP contribution in [0.5, 0.6) is 6.01 Å². The van der Waals surface area contributed by atoms with E-state index in [1.54, 1.807) is 0 Å². The van der Waals surface area contributed by atoms with Crippen molar-refractivity contribution in [3.63, 3.8) is 0 Å². The number of benzene rings is 1. The third-order valence-corrected chi connectivity index (χ3v) is 4.45. The minimum atomic E-state index is 0.468. The lowest BCUT2D eigenvalue weighted by atomic mass is 10.0. The average Bonchev–Trinajstić information content (AvgIpc) is 2.55. The maximum atomic E-state index is 5.72. The van der Waals surface area contributed by atoms with Gasteiger partial charge in [0.05, 0.1) is 5.52 Å². The van der Waals surface area contributed by atoms with Crippen molar-refractivity contribution in [2.24, 2.45) is 0 Å². The second-order valence-corrected chi connectivity index (χ2v) is 6.07. The van der Waals surface area contributed by atoms with Crippen LogP contribution < -0.4 is 4.74 Å². The van der Waals surface area contributed by atoms with Crippen molar-refractivity contribution in [1.82, 2.24) is 19.8 Å². The summed E-state index contributed by atoms with van der Waals surface area (Å²) in [6, 6.07) is 9.09. The van der Waals surface area contributed by atoms with E-state index in [-0.39, 0.29) is 0 Å². The lowest BCUT2D eigenvalue weighted by Gasteiger charge is -2.34. The first-order valence-corrected chi connectivity index (χ1v) is 7.96. The molecule has 118 valence electrons. The molecule has 0 atom stereocenters. The number of fused-ring (bicyclic) bond motifs is 1. The summed E-state index contributed by atoms with van der Waals surface area (Å²) < 4.78 is 5.72. The molecule has 0 bridgehead atoms. The van der Waals surface area contributed by atoms with Crippen LogP contribution in [0.3, 0.4) is 0 Å². The van der Waals surface area contributed by atoms with Crippen molar-refractivity contribution in [3.8, 4) is 6.01 Å². The standard InChI is InChI=1S/C17H24N4O/c1-20-9-7-15(8-10-20)21(2)11-12-22-17-18-13-14-5-3-4-6-16(14)19-17/h3-6,13,15H,7-12H2,1-2H3. The molecule has 5 nitrogen and oxygen atoms in total. The molecule has 0 spiro atoms. The summed E-state index contributed by atoms with van der Waals surface area (Å²) in [6.45, 7) is 3.90. The number of aromatic nitrogens is 2. The molecule has 1 aromatic heterocycles. The van der Waals surface area contributed by atoms with E-state index >= 15 is 0 Å². The molecular weight excluding hydrogens is 276 g/mol. The first-order valence-electron chi connectivity index (χ1n) is 7.96. The first-order chi connectivity index (χ1) is 10.7. The van der Waals surface area contributed by atoms with E-state index in [0.29, 0.717) is 18.7 Å². The molecule has 2 heterocycles. The Morgan fingerprint density at radius 2 is 2.05 bits per heavy atom. The fourth-order valence-corrected chi connectivity index (χ4v) is 2.92. The molecular formula is C17H24N4O. The van der Waals surface area contributed by atoms with Crippen LogP contribution >= 0.6 is 0 Å². The van der Waals surface area contributed by atoms with Gasteiger partial charge in [0.1, 0.15) is 6.61 Å². The van der Waals surface area contributed by atoms with E-state index in [1.165, 1.54) is 25.9 Å². The molecule has 0 unspecified atom stereocenters. The largest absolute Gasteiger partial charge is 0.462 e.